The van der Waals surface area contributed by atoms with Gasteiger partial charge in [-0.05, 0) is 30.0 Å². The second-order valence-electron chi connectivity index (χ2n) is 4.84. The molecule has 1 rings (SSSR count). The van der Waals surface area contributed by atoms with Crippen molar-refractivity contribution in [2.75, 3.05) is 53.7 Å². The third-order valence-electron chi connectivity index (χ3n) is 3.26. The summed E-state index contributed by atoms with van der Waals surface area (Å²) in [6.07, 6.45) is 0.991. The van der Waals surface area contributed by atoms with Gasteiger partial charge in [0, 0.05) is 38.4 Å². The highest BCUT2D eigenvalue weighted by Crippen LogP contribution is 2.21. The van der Waals surface area contributed by atoms with E-state index in [4.69, 9.17) is 14.2 Å². The minimum absolute atomic E-state index is 0.442. The average molecular weight is 360 g/mol. The molecule has 1 N–H and O–H groups in total. The fourth-order valence-electron chi connectivity index (χ4n) is 2.04. The normalized spacial score (nSPS) is 12.5. The maximum atomic E-state index is 5.59. The molecule has 0 saturated heterocycles. The molecule has 120 valence electrons. The molecule has 0 saturated carbocycles. The van der Waals surface area contributed by atoms with Crippen molar-refractivity contribution in [3.05, 3.63) is 34.3 Å². The molecule has 5 heteroatoms. The Bertz CT molecular complexity index is 359. The van der Waals surface area contributed by atoms with Gasteiger partial charge < -0.3 is 19.5 Å². The zero-order chi connectivity index (χ0) is 15.3. The monoisotopic (exact) mass is 359 g/mol. The predicted octanol–water partition coefficient (Wildman–Crippen LogP) is 2.82. The molecule has 4 nitrogen and oxygen atoms in total. The molecule has 0 aliphatic rings. The van der Waals surface area contributed by atoms with E-state index in [9.17, 15) is 0 Å². The number of rotatable bonds is 12. The largest absolute Gasteiger partial charge is 0.383 e. The van der Waals surface area contributed by atoms with Gasteiger partial charge in [-0.25, -0.2) is 0 Å². The van der Waals surface area contributed by atoms with Crippen molar-refractivity contribution >= 4 is 15.9 Å². The Labute approximate surface area is 136 Å². The summed E-state index contributed by atoms with van der Waals surface area (Å²) in [6.45, 7) is 4.58. The van der Waals surface area contributed by atoms with Crippen LogP contribution >= 0.6 is 15.9 Å². The molecule has 0 spiro atoms. The first-order valence-electron chi connectivity index (χ1n) is 7.29. The Morgan fingerprint density at radius 2 is 1.71 bits per heavy atom. The van der Waals surface area contributed by atoms with Gasteiger partial charge in [-0.3, -0.25) is 0 Å². The van der Waals surface area contributed by atoms with E-state index in [2.05, 4.69) is 45.5 Å². The molecule has 1 aromatic carbocycles. The van der Waals surface area contributed by atoms with Gasteiger partial charge in [0.05, 0.1) is 19.8 Å². The van der Waals surface area contributed by atoms with Crippen LogP contribution in [-0.2, 0) is 14.2 Å². The number of benzene rings is 1. The molecule has 0 bridgehead atoms. The standard InChI is InChI=1S/C16H26BrNO3/c1-19-10-8-18-13-15(7-9-21-12-11-20-2)14-3-5-16(17)6-4-14/h3-6,15,18H,7-13H2,1-2H3. The molecular weight excluding hydrogens is 334 g/mol. The number of hydrogen-bond acceptors (Lipinski definition) is 4. The van der Waals surface area contributed by atoms with Crippen LogP contribution in [0.4, 0.5) is 0 Å². The molecule has 1 aromatic rings. The first-order chi connectivity index (χ1) is 10.3. The third kappa shape index (κ3) is 8.53. The van der Waals surface area contributed by atoms with E-state index in [0.717, 1.165) is 37.2 Å². The Morgan fingerprint density at radius 3 is 2.38 bits per heavy atom. The van der Waals surface area contributed by atoms with E-state index >= 15 is 0 Å². The summed E-state index contributed by atoms with van der Waals surface area (Å²) >= 11 is 3.48. The highest BCUT2D eigenvalue weighted by Gasteiger charge is 2.11. The number of methoxy groups -OCH3 is 2. The minimum atomic E-state index is 0.442. The first-order valence-corrected chi connectivity index (χ1v) is 8.09. The molecule has 0 fully saturated rings. The first kappa shape index (κ1) is 18.6. The lowest BCUT2D eigenvalue weighted by Gasteiger charge is -2.18. The summed E-state index contributed by atoms with van der Waals surface area (Å²) in [6, 6.07) is 8.51. The van der Waals surface area contributed by atoms with Crippen molar-refractivity contribution in [3.63, 3.8) is 0 Å². The van der Waals surface area contributed by atoms with Gasteiger partial charge in [0.25, 0.3) is 0 Å². The summed E-state index contributed by atoms with van der Waals surface area (Å²) in [5.74, 6) is 0.442. The Hall–Kier alpha value is -0.460. The summed E-state index contributed by atoms with van der Waals surface area (Å²) in [4.78, 5) is 0. The van der Waals surface area contributed by atoms with Gasteiger partial charge in [-0.15, -0.1) is 0 Å². The van der Waals surface area contributed by atoms with Crippen LogP contribution in [0.2, 0.25) is 0 Å². The average Bonchev–Trinajstić information content (AvgIpc) is 2.50. The molecule has 0 aliphatic carbocycles. The van der Waals surface area contributed by atoms with Crippen LogP contribution < -0.4 is 5.32 Å². The fraction of sp³-hybridized carbons (Fsp3) is 0.625. The molecule has 1 unspecified atom stereocenters. The van der Waals surface area contributed by atoms with Crippen molar-refractivity contribution in [3.8, 4) is 0 Å². The van der Waals surface area contributed by atoms with E-state index in [0.29, 0.717) is 19.1 Å². The SMILES string of the molecule is COCCNCC(CCOCCOC)c1ccc(Br)cc1. The number of hydrogen-bond donors (Lipinski definition) is 1. The molecule has 0 aromatic heterocycles. The van der Waals surface area contributed by atoms with Crippen LogP contribution in [0.3, 0.4) is 0 Å². The van der Waals surface area contributed by atoms with Crippen LogP contribution in [0, 0.1) is 0 Å². The van der Waals surface area contributed by atoms with E-state index < -0.39 is 0 Å². The van der Waals surface area contributed by atoms with E-state index in [1.54, 1.807) is 14.2 Å². The summed E-state index contributed by atoms with van der Waals surface area (Å²) in [7, 11) is 3.41. The van der Waals surface area contributed by atoms with E-state index in [1.165, 1.54) is 5.56 Å². The van der Waals surface area contributed by atoms with Gasteiger partial charge in [0.1, 0.15) is 0 Å². The van der Waals surface area contributed by atoms with E-state index in [1.807, 2.05) is 0 Å². The molecule has 0 amide bonds. The zero-order valence-electron chi connectivity index (χ0n) is 12.9. The lowest BCUT2D eigenvalue weighted by atomic mass is 9.96. The third-order valence-corrected chi connectivity index (χ3v) is 3.79. The summed E-state index contributed by atoms with van der Waals surface area (Å²) in [5.41, 5.74) is 1.33. The van der Waals surface area contributed by atoms with Crippen LogP contribution in [0.15, 0.2) is 28.7 Å². The summed E-state index contributed by atoms with van der Waals surface area (Å²) in [5, 5.41) is 3.43. The molecule has 0 aliphatic heterocycles. The molecule has 1 atom stereocenters. The number of nitrogens with one attached hydrogen (secondary N) is 1. The van der Waals surface area contributed by atoms with Crippen molar-refractivity contribution in [1.82, 2.24) is 5.32 Å². The van der Waals surface area contributed by atoms with E-state index in [-0.39, 0.29) is 0 Å². The Morgan fingerprint density at radius 1 is 1.00 bits per heavy atom. The highest BCUT2D eigenvalue weighted by atomic mass is 79.9. The fourth-order valence-corrected chi connectivity index (χ4v) is 2.31. The zero-order valence-corrected chi connectivity index (χ0v) is 14.5. The Kier molecular flexibility index (Phi) is 10.7. The van der Waals surface area contributed by atoms with Crippen LogP contribution in [0.1, 0.15) is 17.9 Å². The van der Waals surface area contributed by atoms with Crippen LogP contribution in [0.25, 0.3) is 0 Å². The smallest absolute Gasteiger partial charge is 0.0700 e. The van der Waals surface area contributed by atoms with Crippen molar-refractivity contribution in [1.29, 1.82) is 0 Å². The van der Waals surface area contributed by atoms with Gasteiger partial charge in [-0.2, -0.15) is 0 Å². The Balaban J connectivity index is 2.43. The molecule has 21 heavy (non-hydrogen) atoms. The highest BCUT2D eigenvalue weighted by molar-refractivity contribution is 9.10. The minimum Gasteiger partial charge on any atom is -0.383 e. The van der Waals surface area contributed by atoms with Crippen molar-refractivity contribution in [2.24, 2.45) is 0 Å². The number of halogens is 1. The van der Waals surface area contributed by atoms with Gasteiger partial charge >= 0.3 is 0 Å². The molecule has 0 radical (unpaired) electrons. The molecular formula is C16H26BrNO3. The topological polar surface area (TPSA) is 39.7 Å². The second-order valence-corrected chi connectivity index (χ2v) is 5.75. The lowest BCUT2D eigenvalue weighted by molar-refractivity contribution is 0.0669. The lowest BCUT2D eigenvalue weighted by Crippen LogP contribution is -2.26. The van der Waals surface area contributed by atoms with Crippen molar-refractivity contribution in [2.45, 2.75) is 12.3 Å². The van der Waals surface area contributed by atoms with Gasteiger partial charge in [0.2, 0.25) is 0 Å². The maximum absolute atomic E-state index is 5.59. The van der Waals surface area contributed by atoms with Crippen LogP contribution in [-0.4, -0.2) is 53.7 Å². The van der Waals surface area contributed by atoms with Gasteiger partial charge in [-0.1, -0.05) is 28.1 Å². The number of ether oxygens (including phenoxy) is 3. The van der Waals surface area contributed by atoms with Crippen molar-refractivity contribution < 1.29 is 14.2 Å². The van der Waals surface area contributed by atoms with Crippen LogP contribution in [0.5, 0.6) is 0 Å². The second kappa shape index (κ2) is 12.1. The van der Waals surface area contributed by atoms with Gasteiger partial charge in [0.15, 0.2) is 0 Å². The maximum Gasteiger partial charge on any atom is 0.0700 e. The summed E-state index contributed by atoms with van der Waals surface area (Å²) < 4.78 is 16.7. The quantitative estimate of drug-likeness (QED) is 0.582. The predicted molar refractivity (Wildman–Crippen MR) is 88.9 cm³/mol. The molecule has 0 heterocycles.